The predicted molar refractivity (Wildman–Crippen MR) is 64.4 cm³/mol. The van der Waals surface area contributed by atoms with Crippen molar-refractivity contribution >= 4 is 56.7 Å². The van der Waals surface area contributed by atoms with Gasteiger partial charge >= 0.3 is 0 Å². The average molecular weight is 342 g/mol. The maximum atomic E-state index is 13.4. The molecule has 0 N–H and O–H groups in total. The van der Waals surface area contributed by atoms with E-state index in [9.17, 15) is 4.39 Å². The fourth-order valence-electron chi connectivity index (χ4n) is 1.18. The molecule has 2 rings (SSSR count). The van der Waals surface area contributed by atoms with E-state index in [4.69, 9.17) is 23.2 Å². The highest BCUT2D eigenvalue weighted by Crippen LogP contribution is 2.28. The Morgan fingerprint density at radius 2 is 1.93 bits per heavy atom. The molecule has 0 atom stereocenters. The lowest BCUT2D eigenvalue weighted by molar-refractivity contribution is 0.636. The minimum absolute atomic E-state index is 0.197. The molecular weight excluding hydrogens is 339 g/mol. The third-order valence-corrected chi connectivity index (χ3v) is 2.88. The molecule has 0 aliphatic heterocycles. The van der Waals surface area contributed by atoms with E-state index in [1.807, 2.05) is 22.6 Å². The molecule has 1 aromatic carbocycles. The Morgan fingerprint density at radius 3 is 2.64 bits per heavy atom. The molecule has 0 spiro atoms. The van der Waals surface area contributed by atoms with E-state index in [0.717, 1.165) is 3.57 Å². The highest BCUT2D eigenvalue weighted by Gasteiger charge is 2.08. The van der Waals surface area contributed by atoms with Crippen molar-refractivity contribution in [3.8, 4) is 0 Å². The van der Waals surface area contributed by atoms with Crippen molar-refractivity contribution in [1.82, 2.24) is 4.98 Å². The van der Waals surface area contributed by atoms with Crippen LogP contribution < -0.4 is 0 Å². The standard InChI is InChI=1S/C9H3Cl2FIN/c10-6-3-8(11)14-9-5(6)1-4(13)2-7(9)12/h1-3H. The predicted octanol–water partition coefficient (Wildman–Crippen LogP) is 4.29. The Balaban J connectivity index is 2.94. The van der Waals surface area contributed by atoms with Gasteiger partial charge in [0.15, 0.2) is 5.82 Å². The molecule has 0 amide bonds. The summed E-state index contributed by atoms with van der Waals surface area (Å²) in [7, 11) is 0. The summed E-state index contributed by atoms with van der Waals surface area (Å²) in [6.07, 6.45) is 0. The molecule has 0 radical (unpaired) electrons. The molecule has 0 aliphatic rings. The van der Waals surface area contributed by atoms with Gasteiger partial charge in [-0.3, -0.25) is 0 Å². The molecule has 0 fully saturated rings. The summed E-state index contributed by atoms with van der Waals surface area (Å²) in [6.45, 7) is 0. The summed E-state index contributed by atoms with van der Waals surface area (Å²) < 4.78 is 14.2. The lowest BCUT2D eigenvalue weighted by atomic mass is 10.2. The van der Waals surface area contributed by atoms with Crippen LogP contribution in [0.2, 0.25) is 10.2 Å². The maximum absolute atomic E-state index is 13.4. The quantitative estimate of drug-likeness (QED) is 0.514. The molecule has 0 aliphatic carbocycles. The van der Waals surface area contributed by atoms with E-state index < -0.39 is 5.82 Å². The van der Waals surface area contributed by atoms with Gasteiger partial charge in [0, 0.05) is 8.96 Å². The Labute approximate surface area is 103 Å². The van der Waals surface area contributed by atoms with Crippen molar-refractivity contribution in [2.75, 3.05) is 0 Å². The first-order chi connectivity index (χ1) is 6.58. The number of hydrogen-bond acceptors (Lipinski definition) is 1. The van der Waals surface area contributed by atoms with Crippen LogP contribution >= 0.6 is 45.8 Å². The zero-order valence-corrected chi connectivity index (χ0v) is 10.4. The fourth-order valence-corrected chi connectivity index (χ4v) is 2.26. The summed E-state index contributed by atoms with van der Waals surface area (Å²) in [5.41, 5.74) is 0.211. The van der Waals surface area contributed by atoms with Crippen molar-refractivity contribution < 1.29 is 4.39 Å². The number of nitrogens with zero attached hydrogens (tertiary/aromatic N) is 1. The number of pyridine rings is 1. The Morgan fingerprint density at radius 1 is 1.21 bits per heavy atom. The summed E-state index contributed by atoms with van der Waals surface area (Å²) >= 11 is 13.6. The zero-order valence-electron chi connectivity index (χ0n) is 6.69. The van der Waals surface area contributed by atoms with Gasteiger partial charge in [0.2, 0.25) is 0 Å². The molecule has 0 saturated heterocycles. The highest BCUT2D eigenvalue weighted by atomic mass is 127. The Hall–Kier alpha value is -0.130. The molecule has 1 heterocycles. The van der Waals surface area contributed by atoms with Crippen LogP contribution in [-0.2, 0) is 0 Å². The lowest BCUT2D eigenvalue weighted by Gasteiger charge is -2.02. The number of benzene rings is 1. The zero-order chi connectivity index (χ0) is 10.3. The van der Waals surface area contributed by atoms with Gasteiger partial charge in [-0.25, -0.2) is 9.37 Å². The van der Waals surface area contributed by atoms with E-state index in [1.165, 1.54) is 12.1 Å². The molecule has 1 aromatic heterocycles. The number of hydrogen-bond donors (Lipinski definition) is 0. The van der Waals surface area contributed by atoms with E-state index in [2.05, 4.69) is 4.98 Å². The van der Waals surface area contributed by atoms with E-state index in [-0.39, 0.29) is 10.7 Å². The van der Waals surface area contributed by atoms with Crippen LogP contribution in [0.3, 0.4) is 0 Å². The first-order valence-corrected chi connectivity index (χ1v) is 5.52. The van der Waals surface area contributed by atoms with Gasteiger partial charge in [-0.15, -0.1) is 0 Å². The van der Waals surface area contributed by atoms with Gasteiger partial charge in [0.05, 0.1) is 5.02 Å². The first-order valence-electron chi connectivity index (χ1n) is 3.69. The van der Waals surface area contributed by atoms with E-state index in [0.29, 0.717) is 10.4 Å². The number of aromatic nitrogens is 1. The second-order valence-electron chi connectivity index (χ2n) is 2.71. The summed E-state index contributed by atoms with van der Waals surface area (Å²) in [4.78, 5) is 3.88. The summed E-state index contributed by atoms with van der Waals surface area (Å²) in [5.74, 6) is -0.406. The molecule has 5 heteroatoms. The third kappa shape index (κ3) is 1.81. The second kappa shape index (κ2) is 3.79. The number of fused-ring (bicyclic) bond motifs is 1. The van der Waals surface area contributed by atoms with Crippen LogP contribution in [0.5, 0.6) is 0 Å². The lowest BCUT2D eigenvalue weighted by Crippen LogP contribution is -1.87. The van der Waals surface area contributed by atoms with Gasteiger partial charge in [0.1, 0.15) is 10.7 Å². The monoisotopic (exact) mass is 341 g/mol. The normalized spacial score (nSPS) is 10.9. The molecule has 0 saturated carbocycles. The highest BCUT2D eigenvalue weighted by molar-refractivity contribution is 14.1. The van der Waals surface area contributed by atoms with Gasteiger partial charge in [0.25, 0.3) is 0 Å². The van der Waals surface area contributed by atoms with Crippen LogP contribution in [0.25, 0.3) is 10.9 Å². The number of halogens is 4. The van der Waals surface area contributed by atoms with E-state index in [1.54, 1.807) is 6.07 Å². The molecule has 0 unspecified atom stereocenters. The van der Waals surface area contributed by atoms with Gasteiger partial charge in [-0.2, -0.15) is 0 Å². The molecule has 0 bridgehead atoms. The topological polar surface area (TPSA) is 12.9 Å². The van der Waals surface area contributed by atoms with Crippen molar-refractivity contribution in [3.63, 3.8) is 0 Å². The SMILES string of the molecule is Fc1cc(I)cc2c(Cl)cc(Cl)nc12. The average Bonchev–Trinajstić information content (AvgIpc) is 2.07. The molecule has 72 valence electrons. The van der Waals surface area contributed by atoms with Gasteiger partial charge in [-0.05, 0) is 40.8 Å². The summed E-state index contributed by atoms with van der Waals surface area (Å²) in [5, 5.41) is 1.19. The fraction of sp³-hybridized carbons (Fsp3) is 0. The van der Waals surface area contributed by atoms with Gasteiger partial charge < -0.3 is 0 Å². The molecule has 1 nitrogen and oxygen atoms in total. The van der Waals surface area contributed by atoms with Crippen molar-refractivity contribution in [3.05, 3.63) is 37.8 Å². The largest absolute Gasteiger partial charge is 0.233 e. The molecular formula is C9H3Cl2FIN. The number of rotatable bonds is 0. The van der Waals surface area contributed by atoms with Crippen molar-refractivity contribution in [2.45, 2.75) is 0 Å². The van der Waals surface area contributed by atoms with Crippen LogP contribution in [0.15, 0.2) is 18.2 Å². The van der Waals surface area contributed by atoms with Crippen LogP contribution in [0.4, 0.5) is 4.39 Å². The van der Waals surface area contributed by atoms with Crippen LogP contribution in [0.1, 0.15) is 0 Å². The molecule has 2 aromatic rings. The van der Waals surface area contributed by atoms with Gasteiger partial charge in [-0.1, -0.05) is 23.2 Å². The molecule has 14 heavy (non-hydrogen) atoms. The van der Waals surface area contributed by atoms with Crippen molar-refractivity contribution in [2.24, 2.45) is 0 Å². The van der Waals surface area contributed by atoms with Crippen molar-refractivity contribution in [1.29, 1.82) is 0 Å². The second-order valence-corrected chi connectivity index (χ2v) is 4.75. The third-order valence-electron chi connectivity index (χ3n) is 1.75. The summed E-state index contributed by atoms with van der Waals surface area (Å²) in [6, 6.07) is 4.66. The first kappa shape index (κ1) is 10.4. The van der Waals surface area contributed by atoms with Crippen LogP contribution in [-0.4, -0.2) is 4.98 Å². The van der Waals surface area contributed by atoms with E-state index >= 15 is 0 Å². The Bertz CT molecular complexity index is 468. The minimum Gasteiger partial charge on any atom is -0.233 e. The van der Waals surface area contributed by atoms with Crippen LogP contribution in [0, 0.1) is 9.39 Å². The Kier molecular flexibility index (Phi) is 2.81. The minimum atomic E-state index is -0.406. The maximum Gasteiger partial charge on any atom is 0.150 e. The smallest absolute Gasteiger partial charge is 0.150 e.